The number of β-amino-alcohol motifs (C(OH)–C–C–N with tert-alkyl or cyclic N) is 1. The first-order valence-electron chi connectivity index (χ1n) is 7.37. The zero-order valence-corrected chi connectivity index (χ0v) is 12.7. The second-order valence-electron chi connectivity index (χ2n) is 5.82. The second-order valence-corrected chi connectivity index (χ2v) is 5.82. The van der Waals surface area contributed by atoms with E-state index >= 15 is 0 Å². The largest absolute Gasteiger partial charge is 0.388 e. The van der Waals surface area contributed by atoms with Gasteiger partial charge in [-0.25, -0.2) is 4.39 Å². The molecule has 0 aliphatic carbocycles. The average Bonchev–Trinajstić information content (AvgIpc) is 2.91. The topological polar surface area (TPSA) is 92.4 Å². The van der Waals surface area contributed by atoms with Crippen LogP contribution in [0.2, 0.25) is 0 Å². The van der Waals surface area contributed by atoms with Crippen LogP contribution in [0.3, 0.4) is 0 Å². The molecule has 0 bridgehead atoms. The Kier molecular flexibility index (Phi) is 4.08. The molecule has 3 rings (SSSR count). The van der Waals surface area contributed by atoms with Gasteiger partial charge in [0.15, 0.2) is 11.6 Å². The Morgan fingerprint density at radius 1 is 1.57 bits per heavy atom. The zero-order valence-electron chi connectivity index (χ0n) is 12.7. The van der Waals surface area contributed by atoms with Crippen molar-refractivity contribution in [3.8, 4) is 0 Å². The van der Waals surface area contributed by atoms with Crippen molar-refractivity contribution in [1.82, 2.24) is 20.0 Å². The van der Waals surface area contributed by atoms with E-state index in [9.17, 15) is 14.3 Å². The summed E-state index contributed by atoms with van der Waals surface area (Å²) in [6, 6.07) is 1.34. The van der Waals surface area contributed by atoms with Crippen LogP contribution in [-0.2, 0) is 6.42 Å². The third-order valence-electron chi connectivity index (χ3n) is 3.90. The molecule has 1 unspecified atom stereocenters. The van der Waals surface area contributed by atoms with Crippen molar-refractivity contribution >= 4 is 5.91 Å². The predicted molar refractivity (Wildman–Crippen MR) is 77.0 cm³/mol. The van der Waals surface area contributed by atoms with Crippen molar-refractivity contribution in [1.29, 1.82) is 0 Å². The van der Waals surface area contributed by atoms with Crippen LogP contribution in [-0.4, -0.2) is 49.7 Å². The number of carbonyl (C=O) groups is 1. The average molecular weight is 320 g/mol. The normalized spacial score (nSPS) is 21.4. The number of pyridine rings is 1. The maximum Gasteiger partial charge on any atom is 0.257 e. The van der Waals surface area contributed by atoms with Gasteiger partial charge in [0, 0.05) is 12.7 Å². The van der Waals surface area contributed by atoms with Crippen LogP contribution >= 0.6 is 0 Å². The SMILES string of the molecule is Cc1noc(CC2(O)CCCN(C(=O)c3ccncc3F)C2)n1. The number of aromatic nitrogens is 3. The van der Waals surface area contributed by atoms with Crippen molar-refractivity contribution in [3.05, 3.63) is 41.6 Å². The third kappa shape index (κ3) is 3.37. The monoisotopic (exact) mass is 320 g/mol. The zero-order chi connectivity index (χ0) is 16.4. The van der Waals surface area contributed by atoms with Gasteiger partial charge < -0.3 is 14.5 Å². The molecule has 0 radical (unpaired) electrons. The molecule has 1 atom stereocenters. The lowest BCUT2D eigenvalue weighted by Gasteiger charge is -2.38. The second kappa shape index (κ2) is 6.04. The highest BCUT2D eigenvalue weighted by Gasteiger charge is 2.37. The summed E-state index contributed by atoms with van der Waals surface area (Å²) in [7, 11) is 0. The van der Waals surface area contributed by atoms with E-state index in [1.54, 1.807) is 6.92 Å². The number of nitrogens with zero attached hydrogens (tertiary/aromatic N) is 4. The number of hydrogen-bond acceptors (Lipinski definition) is 6. The van der Waals surface area contributed by atoms with Crippen LogP contribution in [0.4, 0.5) is 4.39 Å². The van der Waals surface area contributed by atoms with Gasteiger partial charge in [-0.15, -0.1) is 0 Å². The minimum Gasteiger partial charge on any atom is -0.388 e. The van der Waals surface area contributed by atoms with Gasteiger partial charge in [0.1, 0.15) is 0 Å². The smallest absolute Gasteiger partial charge is 0.257 e. The highest BCUT2D eigenvalue weighted by molar-refractivity contribution is 5.94. The van der Waals surface area contributed by atoms with Gasteiger partial charge in [0.25, 0.3) is 5.91 Å². The quantitative estimate of drug-likeness (QED) is 0.911. The molecule has 1 fully saturated rings. The van der Waals surface area contributed by atoms with Gasteiger partial charge in [-0.05, 0) is 25.8 Å². The van der Waals surface area contributed by atoms with Gasteiger partial charge in [-0.3, -0.25) is 9.78 Å². The Bertz CT molecular complexity index is 720. The standard InChI is InChI=1S/C15H17FN4O3/c1-10-18-13(23-19-10)7-15(22)4-2-6-20(9-15)14(21)11-3-5-17-8-12(11)16/h3,5,8,22H,2,4,6-7,9H2,1H3. The van der Waals surface area contributed by atoms with Crippen LogP contribution < -0.4 is 0 Å². The number of rotatable bonds is 3. The summed E-state index contributed by atoms with van der Waals surface area (Å²) in [5.74, 6) is -0.301. The maximum absolute atomic E-state index is 13.7. The van der Waals surface area contributed by atoms with Crippen LogP contribution in [0.5, 0.6) is 0 Å². The first-order valence-corrected chi connectivity index (χ1v) is 7.37. The first-order chi connectivity index (χ1) is 11.0. The lowest BCUT2D eigenvalue weighted by Crippen LogP contribution is -2.51. The van der Waals surface area contributed by atoms with Gasteiger partial charge in [0.05, 0.1) is 30.3 Å². The van der Waals surface area contributed by atoms with Crippen LogP contribution in [0, 0.1) is 12.7 Å². The summed E-state index contributed by atoms with van der Waals surface area (Å²) in [4.78, 5) is 21.6. The lowest BCUT2D eigenvalue weighted by atomic mass is 9.89. The van der Waals surface area contributed by atoms with E-state index in [4.69, 9.17) is 4.52 Å². The molecular formula is C15H17FN4O3. The van der Waals surface area contributed by atoms with Crippen molar-refractivity contribution < 1.29 is 18.8 Å². The molecule has 0 aromatic carbocycles. The van der Waals surface area contributed by atoms with E-state index in [1.807, 2.05) is 0 Å². The number of amides is 1. The van der Waals surface area contributed by atoms with E-state index in [1.165, 1.54) is 17.2 Å². The van der Waals surface area contributed by atoms with Gasteiger partial charge in [-0.2, -0.15) is 4.98 Å². The molecular weight excluding hydrogens is 303 g/mol. The molecule has 1 aliphatic heterocycles. The van der Waals surface area contributed by atoms with E-state index in [0.29, 0.717) is 31.1 Å². The number of piperidine rings is 1. The fourth-order valence-corrected chi connectivity index (χ4v) is 2.84. The van der Waals surface area contributed by atoms with Crippen molar-refractivity contribution in [2.75, 3.05) is 13.1 Å². The lowest BCUT2D eigenvalue weighted by molar-refractivity contribution is -0.0287. The Balaban J connectivity index is 1.75. The van der Waals surface area contributed by atoms with Crippen LogP contribution in [0.15, 0.2) is 23.0 Å². The Hall–Kier alpha value is -2.35. The third-order valence-corrected chi connectivity index (χ3v) is 3.90. The molecule has 2 aromatic rings. The Morgan fingerprint density at radius 2 is 2.39 bits per heavy atom. The molecule has 7 nitrogen and oxygen atoms in total. The fourth-order valence-electron chi connectivity index (χ4n) is 2.84. The molecule has 1 saturated heterocycles. The first kappa shape index (κ1) is 15.5. The molecule has 1 N–H and O–H groups in total. The Morgan fingerprint density at radius 3 is 3.09 bits per heavy atom. The molecule has 1 aliphatic rings. The van der Waals surface area contributed by atoms with E-state index in [2.05, 4.69) is 15.1 Å². The minimum atomic E-state index is -1.16. The molecule has 2 aromatic heterocycles. The maximum atomic E-state index is 13.7. The van der Waals surface area contributed by atoms with Gasteiger partial charge in [-0.1, -0.05) is 5.16 Å². The molecule has 8 heteroatoms. The van der Waals surface area contributed by atoms with Gasteiger partial charge >= 0.3 is 0 Å². The number of aryl methyl sites for hydroxylation is 1. The van der Waals surface area contributed by atoms with Crippen molar-refractivity contribution in [2.24, 2.45) is 0 Å². The molecule has 23 heavy (non-hydrogen) atoms. The van der Waals surface area contributed by atoms with Gasteiger partial charge in [0.2, 0.25) is 5.89 Å². The molecule has 1 amide bonds. The van der Waals surface area contributed by atoms with Crippen LogP contribution in [0.1, 0.15) is 34.9 Å². The highest BCUT2D eigenvalue weighted by Crippen LogP contribution is 2.26. The summed E-state index contributed by atoms with van der Waals surface area (Å²) < 4.78 is 18.8. The van der Waals surface area contributed by atoms with E-state index in [0.717, 1.165) is 6.20 Å². The molecule has 122 valence electrons. The van der Waals surface area contributed by atoms with Crippen LogP contribution in [0.25, 0.3) is 0 Å². The summed E-state index contributed by atoms with van der Waals surface area (Å²) in [5, 5.41) is 14.4. The number of halogens is 1. The molecule has 0 spiro atoms. The summed E-state index contributed by atoms with van der Waals surface area (Å²) in [5.41, 5.74) is -1.20. The van der Waals surface area contributed by atoms with Crippen molar-refractivity contribution in [2.45, 2.75) is 31.8 Å². The Labute approximate surface area is 132 Å². The van der Waals surface area contributed by atoms with E-state index < -0.39 is 17.3 Å². The number of hydrogen-bond donors (Lipinski definition) is 1. The summed E-state index contributed by atoms with van der Waals surface area (Å²) in [6.45, 7) is 2.25. The summed E-state index contributed by atoms with van der Waals surface area (Å²) >= 11 is 0. The number of aliphatic hydroxyl groups is 1. The summed E-state index contributed by atoms with van der Waals surface area (Å²) in [6.07, 6.45) is 3.66. The number of likely N-dealkylation sites (tertiary alicyclic amines) is 1. The molecule has 3 heterocycles. The van der Waals surface area contributed by atoms with Crippen molar-refractivity contribution in [3.63, 3.8) is 0 Å². The fraction of sp³-hybridized carbons (Fsp3) is 0.467. The molecule has 0 saturated carbocycles. The van der Waals surface area contributed by atoms with E-state index in [-0.39, 0.29) is 18.5 Å². The predicted octanol–water partition coefficient (Wildman–Crippen LogP) is 1.12. The minimum absolute atomic E-state index is 0.0436. The highest BCUT2D eigenvalue weighted by atomic mass is 19.1. The number of carbonyl (C=O) groups excluding carboxylic acids is 1.